The Bertz CT molecular complexity index is 789. The third kappa shape index (κ3) is 4.10. The highest BCUT2D eigenvalue weighted by atomic mass is 35.5. The minimum Gasteiger partial charge on any atom is -0.377 e. The fourth-order valence-electron chi connectivity index (χ4n) is 2.38. The number of benzene rings is 2. The number of hydrogen-bond donors (Lipinski definition) is 1. The molecule has 24 heavy (non-hydrogen) atoms. The summed E-state index contributed by atoms with van der Waals surface area (Å²) in [7, 11) is 0. The summed E-state index contributed by atoms with van der Waals surface area (Å²) in [6.45, 7) is 3.54. The molecule has 1 N–H and O–H groups in total. The van der Waals surface area contributed by atoms with Crippen LogP contribution in [0.25, 0.3) is 0 Å². The molecule has 4 nitrogen and oxygen atoms in total. The van der Waals surface area contributed by atoms with E-state index in [0.717, 1.165) is 29.0 Å². The summed E-state index contributed by atoms with van der Waals surface area (Å²) in [6.07, 6.45) is 0. The first-order valence-electron chi connectivity index (χ1n) is 7.85. The molecule has 0 aliphatic rings. The standard InChI is InChI=1S/C18H19ClN4S/c1-2-23-17(12-20-16-11-7-6-10-15(16)19)21-22-18(23)24-13-14-8-4-3-5-9-14/h3-11,20H,2,12-13H2,1H3. The van der Waals surface area contributed by atoms with Crippen molar-refractivity contribution in [1.82, 2.24) is 14.8 Å². The van der Waals surface area contributed by atoms with Crippen LogP contribution < -0.4 is 5.32 Å². The van der Waals surface area contributed by atoms with E-state index in [2.05, 4.69) is 51.3 Å². The third-order valence-electron chi connectivity index (χ3n) is 3.63. The molecule has 0 saturated carbocycles. The highest BCUT2D eigenvalue weighted by Crippen LogP contribution is 2.24. The van der Waals surface area contributed by atoms with Crippen LogP contribution in [0.2, 0.25) is 5.02 Å². The number of rotatable bonds is 7. The second-order valence-electron chi connectivity index (χ2n) is 5.25. The summed E-state index contributed by atoms with van der Waals surface area (Å²) in [5, 5.41) is 13.6. The molecule has 0 unspecified atom stereocenters. The molecule has 0 fully saturated rings. The van der Waals surface area contributed by atoms with Gasteiger partial charge in [-0.15, -0.1) is 10.2 Å². The predicted molar refractivity (Wildman–Crippen MR) is 100 cm³/mol. The lowest BCUT2D eigenvalue weighted by Crippen LogP contribution is -2.09. The topological polar surface area (TPSA) is 42.7 Å². The van der Waals surface area contributed by atoms with Gasteiger partial charge in [0, 0.05) is 12.3 Å². The van der Waals surface area contributed by atoms with Crippen LogP contribution in [0.4, 0.5) is 5.69 Å². The van der Waals surface area contributed by atoms with E-state index in [0.29, 0.717) is 11.6 Å². The van der Waals surface area contributed by atoms with Gasteiger partial charge in [0.15, 0.2) is 11.0 Å². The smallest absolute Gasteiger partial charge is 0.191 e. The average Bonchev–Trinajstić information content (AvgIpc) is 3.02. The Morgan fingerprint density at radius 3 is 2.54 bits per heavy atom. The molecule has 0 radical (unpaired) electrons. The number of thioether (sulfide) groups is 1. The molecule has 3 aromatic rings. The normalized spacial score (nSPS) is 10.8. The van der Waals surface area contributed by atoms with Gasteiger partial charge in [-0.25, -0.2) is 0 Å². The van der Waals surface area contributed by atoms with Crippen molar-refractivity contribution in [3.63, 3.8) is 0 Å². The number of nitrogens with zero attached hydrogens (tertiary/aromatic N) is 3. The Morgan fingerprint density at radius 2 is 1.79 bits per heavy atom. The van der Waals surface area contributed by atoms with Crippen molar-refractivity contribution >= 4 is 29.1 Å². The average molecular weight is 359 g/mol. The molecule has 0 saturated heterocycles. The summed E-state index contributed by atoms with van der Waals surface area (Å²) >= 11 is 7.88. The van der Waals surface area contributed by atoms with Crippen LogP contribution in [-0.4, -0.2) is 14.8 Å². The van der Waals surface area contributed by atoms with Crippen LogP contribution in [0.1, 0.15) is 18.3 Å². The van der Waals surface area contributed by atoms with Gasteiger partial charge in [-0.3, -0.25) is 0 Å². The summed E-state index contributed by atoms with van der Waals surface area (Å²) in [5.74, 6) is 1.80. The van der Waals surface area contributed by atoms with E-state index in [-0.39, 0.29) is 0 Å². The zero-order valence-corrected chi connectivity index (χ0v) is 15.0. The molecule has 0 atom stereocenters. The molecule has 0 spiro atoms. The largest absolute Gasteiger partial charge is 0.377 e. The van der Waals surface area contributed by atoms with E-state index in [4.69, 9.17) is 11.6 Å². The zero-order chi connectivity index (χ0) is 16.8. The van der Waals surface area contributed by atoms with Crippen LogP contribution in [0.5, 0.6) is 0 Å². The van der Waals surface area contributed by atoms with Crippen molar-refractivity contribution in [2.45, 2.75) is 30.9 Å². The lowest BCUT2D eigenvalue weighted by Gasteiger charge is -2.10. The minimum atomic E-state index is 0.594. The van der Waals surface area contributed by atoms with E-state index >= 15 is 0 Å². The van der Waals surface area contributed by atoms with Crippen molar-refractivity contribution in [3.05, 3.63) is 71.0 Å². The summed E-state index contributed by atoms with van der Waals surface area (Å²) in [5.41, 5.74) is 2.19. The molecule has 124 valence electrons. The summed E-state index contributed by atoms with van der Waals surface area (Å²) in [6, 6.07) is 18.1. The van der Waals surface area contributed by atoms with E-state index in [1.807, 2.05) is 30.3 Å². The lowest BCUT2D eigenvalue weighted by atomic mass is 10.2. The molecule has 1 heterocycles. The van der Waals surface area contributed by atoms with Crippen molar-refractivity contribution in [3.8, 4) is 0 Å². The Kier molecular flexibility index (Phi) is 5.77. The van der Waals surface area contributed by atoms with E-state index in [9.17, 15) is 0 Å². The molecule has 1 aromatic heterocycles. The molecular formula is C18H19ClN4S. The van der Waals surface area contributed by atoms with Gasteiger partial charge in [-0.2, -0.15) is 0 Å². The van der Waals surface area contributed by atoms with Gasteiger partial charge in [-0.05, 0) is 24.6 Å². The number of para-hydroxylation sites is 1. The van der Waals surface area contributed by atoms with Crippen LogP contribution in [0.15, 0.2) is 59.8 Å². The second-order valence-corrected chi connectivity index (χ2v) is 6.60. The minimum absolute atomic E-state index is 0.594. The second kappa shape index (κ2) is 8.22. The van der Waals surface area contributed by atoms with Crippen LogP contribution >= 0.6 is 23.4 Å². The highest BCUT2D eigenvalue weighted by molar-refractivity contribution is 7.98. The first-order chi connectivity index (χ1) is 11.8. The molecule has 0 aliphatic carbocycles. The molecule has 2 aromatic carbocycles. The van der Waals surface area contributed by atoms with Gasteiger partial charge in [0.05, 0.1) is 17.3 Å². The van der Waals surface area contributed by atoms with Crippen molar-refractivity contribution in [2.24, 2.45) is 0 Å². The molecule has 0 bridgehead atoms. The first-order valence-corrected chi connectivity index (χ1v) is 9.21. The molecule has 3 rings (SSSR count). The van der Waals surface area contributed by atoms with Gasteiger partial charge >= 0.3 is 0 Å². The van der Waals surface area contributed by atoms with Crippen molar-refractivity contribution in [2.75, 3.05) is 5.32 Å². The van der Waals surface area contributed by atoms with Crippen LogP contribution in [0, 0.1) is 0 Å². The first kappa shape index (κ1) is 16.9. The monoisotopic (exact) mass is 358 g/mol. The Labute approximate surface area is 151 Å². The Morgan fingerprint density at radius 1 is 1.04 bits per heavy atom. The summed E-state index contributed by atoms with van der Waals surface area (Å²) < 4.78 is 2.14. The Balaban J connectivity index is 1.67. The number of halogens is 1. The number of anilines is 1. The van der Waals surface area contributed by atoms with E-state index < -0.39 is 0 Å². The van der Waals surface area contributed by atoms with Crippen molar-refractivity contribution in [1.29, 1.82) is 0 Å². The van der Waals surface area contributed by atoms with Gasteiger partial charge in [0.1, 0.15) is 0 Å². The lowest BCUT2D eigenvalue weighted by molar-refractivity contribution is 0.648. The number of aromatic nitrogens is 3. The maximum atomic E-state index is 6.18. The van der Waals surface area contributed by atoms with Gasteiger partial charge in [0.2, 0.25) is 0 Å². The molecule has 6 heteroatoms. The van der Waals surface area contributed by atoms with E-state index in [1.165, 1.54) is 5.56 Å². The number of nitrogens with one attached hydrogen (secondary N) is 1. The molecule has 0 amide bonds. The third-order valence-corrected chi connectivity index (χ3v) is 5.00. The van der Waals surface area contributed by atoms with Gasteiger partial charge in [-0.1, -0.05) is 65.8 Å². The van der Waals surface area contributed by atoms with Crippen LogP contribution in [-0.2, 0) is 18.8 Å². The van der Waals surface area contributed by atoms with Gasteiger partial charge in [0.25, 0.3) is 0 Å². The quantitative estimate of drug-likeness (QED) is 0.613. The maximum Gasteiger partial charge on any atom is 0.191 e. The fraction of sp³-hybridized carbons (Fsp3) is 0.222. The predicted octanol–water partition coefficient (Wildman–Crippen LogP) is 4.86. The SMILES string of the molecule is CCn1c(CNc2ccccc2Cl)nnc1SCc1ccccc1. The zero-order valence-electron chi connectivity index (χ0n) is 13.4. The number of hydrogen-bond acceptors (Lipinski definition) is 4. The van der Waals surface area contributed by atoms with Crippen molar-refractivity contribution < 1.29 is 0 Å². The van der Waals surface area contributed by atoms with Crippen LogP contribution in [0.3, 0.4) is 0 Å². The summed E-state index contributed by atoms with van der Waals surface area (Å²) in [4.78, 5) is 0. The fourth-order valence-corrected chi connectivity index (χ4v) is 3.55. The molecule has 0 aliphatic heterocycles. The maximum absolute atomic E-state index is 6.18. The highest BCUT2D eigenvalue weighted by Gasteiger charge is 2.11. The molecular weight excluding hydrogens is 340 g/mol. The van der Waals surface area contributed by atoms with Gasteiger partial charge < -0.3 is 9.88 Å². The van der Waals surface area contributed by atoms with E-state index in [1.54, 1.807) is 11.8 Å². The Hall–Kier alpha value is -1.98.